The minimum atomic E-state index is 0.494. The summed E-state index contributed by atoms with van der Waals surface area (Å²) in [6.07, 6.45) is 3.84. The molecule has 3 heterocycles. The van der Waals surface area contributed by atoms with Crippen LogP contribution >= 0.6 is 0 Å². The van der Waals surface area contributed by atoms with E-state index in [0.717, 1.165) is 22.5 Å². The zero-order chi connectivity index (χ0) is 16.5. The van der Waals surface area contributed by atoms with E-state index in [0.29, 0.717) is 11.6 Å². The van der Waals surface area contributed by atoms with Crippen molar-refractivity contribution in [3.05, 3.63) is 72.1 Å². The number of hydrogen-bond acceptors (Lipinski definition) is 3. The number of imidazole rings is 1. The van der Waals surface area contributed by atoms with E-state index in [1.165, 1.54) is 0 Å². The van der Waals surface area contributed by atoms with E-state index in [4.69, 9.17) is 0 Å². The summed E-state index contributed by atoms with van der Waals surface area (Å²) in [6, 6.07) is 14.0. The summed E-state index contributed by atoms with van der Waals surface area (Å²) in [5.41, 5.74) is 3.87. The Morgan fingerprint density at radius 1 is 0.958 bits per heavy atom. The van der Waals surface area contributed by atoms with E-state index in [9.17, 15) is 0 Å². The second kappa shape index (κ2) is 5.67. The predicted octanol–water partition coefficient (Wildman–Crippen LogP) is 2.84. The van der Waals surface area contributed by atoms with Crippen LogP contribution in [0.4, 0.5) is 0 Å². The van der Waals surface area contributed by atoms with Gasteiger partial charge in [0.2, 0.25) is 5.82 Å². The average molecular weight is 313 g/mol. The zero-order valence-electron chi connectivity index (χ0n) is 13.4. The highest BCUT2D eigenvalue weighted by atomic mass is 15.3. The normalized spacial score (nSPS) is 10.6. The molecule has 0 N–H and O–H groups in total. The topological polar surface area (TPSA) is 48.0 Å². The van der Waals surface area contributed by atoms with Crippen LogP contribution in [0.15, 0.2) is 54.9 Å². The molecule has 0 atom stereocenters. The number of nitrogens with zero attached hydrogens (tertiary/aromatic N) is 5. The molecule has 0 spiro atoms. The lowest BCUT2D eigenvalue weighted by molar-refractivity contribution is 0.893. The summed E-state index contributed by atoms with van der Waals surface area (Å²) in [4.78, 5) is 9.06. The van der Waals surface area contributed by atoms with Crippen LogP contribution < -0.4 is 0 Å². The van der Waals surface area contributed by atoms with Crippen molar-refractivity contribution in [2.75, 3.05) is 0 Å². The van der Waals surface area contributed by atoms with Gasteiger partial charge in [-0.25, -0.2) is 9.50 Å². The van der Waals surface area contributed by atoms with E-state index in [1.54, 1.807) is 4.52 Å². The van der Waals surface area contributed by atoms with Crippen molar-refractivity contribution in [3.8, 4) is 23.1 Å². The monoisotopic (exact) mass is 313 g/mol. The average Bonchev–Trinajstić information content (AvgIpc) is 3.18. The van der Waals surface area contributed by atoms with Gasteiger partial charge >= 0.3 is 0 Å². The highest BCUT2D eigenvalue weighted by Gasteiger charge is 2.06. The van der Waals surface area contributed by atoms with Gasteiger partial charge in [-0.05, 0) is 30.4 Å². The number of benzene rings is 1. The van der Waals surface area contributed by atoms with Gasteiger partial charge in [0.1, 0.15) is 0 Å². The quantitative estimate of drug-likeness (QED) is 0.508. The zero-order valence-corrected chi connectivity index (χ0v) is 13.4. The lowest BCUT2D eigenvalue weighted by Gasteiger charge is -1.92. The fourth-order valence-corrected chi connectivity index (χ4v) is 2.53. The van der Waals surface area contributed by atoms with Crippen molar-refractivity contribution in [2.24, 2.45) is 7.05 Å². The fourth-order valence-electron chi connectivity index (χ4n) is 2.53. The Hall–Kier alpha value is -3.39. The summed E-state index contributed by atoms with van der Waals surface area (Å²) < 4.78 is 3.66. The number of hydrogen-bond donors (Lipinski definition) is 0. The van der Waals surface area contributed by atoms with Crippen molar-refractivity contribution >= 4 is 5.65 Å². The van der Waals surface area contributed by atoms with Crippen molar-refractivity contribution in [1.82, 2.24) is 24.1 Å². The van der Waals surface area contributed by atoms with Crippen LogP contribution in [0.5, 0.6) is 0 Å². The molecule has 0 aliphatic carbocycles. The minimum Gasteiger partial charge on any atom is -0.327 e. The molecule has 0 saturated heterocycles. The third kappa shape index (κ3) is 2.55. The second-order valence-corrected chi connectivity index (χ2v) is 5.57. The third-order valence-corrected chi connectivity index (χ3v) is 3.79. The van der Waals surface area contributed by atoms with Crippen molar-refractivity contribution in [2.45, 2.75) is 6.92 Å². The molecule has 116 valence electrons. The van der Waals surface area contributed by atoms with Crippen molar-refractivity contribution in [3.63, 3.8) is 0 Å². The predicted molar refractivity (Wildman–Crippen MR) is 92.3 cm³/mol. The molecule has 4 rings (SSSR count). The molecule has 4 aromatic rings. The van der Waals surface area contributed by atoms with Crippen molar-refractivity contribution < 1.29 is 0 Å². The molecule has 0 amide bonds. The van der Waals surface area contributed by atoms with Crippen LogP contribution in [-0.4, -0.2) is 24.1 Å². The third-order valence-electron chi connectivity index (χ3n) is 3.79. The smallest absolute Gasteiger partial charge is 0.226 e. The molecule has 0 saturated carbocycles. The van der Waals surface area contributed by atoms with Gasteiger partial charge in [0.25, 0.3) is 0 Å². The van der Waals surface area contributed by atoms with Gasteiger partial charge in [-0.15, -0.1) is 5.10 Å². The number of fused-ring (bicyclic) bond motifs is 1. The van der Waals surface area contributed by atoms with Gasteiger partial charge in [-0.1, -0.05) is 36.4 Å². The van der Waals surface area contributed by atoms with Gasteiger partial charge < -0.3 is 4.57 Å². The first-order valence-electron chi connectivity index (χ1n) is 7.63. The Bertz CT molecular complexity index is 1080. The second-order valence-electron chi connectivity index (χ2n) is 5.57. The first-order valence-corrected chi connectivity index (χ1v) is 7.63. The summed E-state index contributed by atoms with van der Waals surface area (Å²) >= 11 is 0. The summed E-state index contributed by atoms with van der Waals surface area (Å²) in [5.74, 6) is 7.25. The lowest BCUT2D eigenvalue weighted by Crippen LogP contribution is -1.91. The van der Waals surface area contributed by atoms with E-state index in [1.807, 2.05) is 73.4 Å². The Balaban J connectivity index is 1.70. The minimum absolute atomic E-state index is 0.494. The molecule has 0 unspecified atom stereocenters. The lowest BCUT2D eigenvalue weighted by atomic mass is 10.2. The highest BCUT2D eigenvalue weighted by Crippen LogP contribution is 2.17. The van der Waals surface area contributed by atoms with Crippen LogP contribution in [0.1, 0.15) is 17.2 Å². The molecule has 0 bridgehead atoms. The first-order chi connectivity index (χ1) is 11.7. The molecule has 3 aromatic heterocycles. The molecule has 0 aliphatic rings. The van der Waals surface area contributed by atoms with E-state index in [2.05, 4.69) is 26.9 Å². The molecule has 5 nitrogen and oxygen atoms in total. The SMILES string of the molecule is Cc1cccn2nc(C#Cc3nc(-c4ccccc4)cn3C)nc12. The standard InChI is InChI=1S/C19H15N5/c1-14-7-6-12-24-19(14)21-17(22-24)10-11-18-20-16(13-23(18)2)15-8-4-3-5-9-15/h3-9,12-13H,1-2H3. The van der Waals surface area contributed by atoms with E-state index < -0.39 is 0 Å². The van der Waals surface area contributed by atoms with Crippen molar-refractivity contribution in [1.29, 1.82) is 0 Å². The maximum Gasteiger partial charge on any atom is 0.226 e. The van der Waals surface area contributed by atoms with Crippen LogP contribution in [0.2, 0.25) is 0 Å². The summed E-state index contributed by atoms with van der Waals surface area (Å²) in [6.45, 7) is 2.01. The van der Waals surface area contributed by atoms with Gasteiger partial charge in [0.05, 0.1) is 5.69 Å². The molecule has 0 fully saturated rings. The first kappa shape index (κ1) is 14.2. The molecule has 1 aromatic carbocycles. The molecular weight excluding hydrogens is 298 g/mol. The molecule has 24 heavy (non-hydrogen) atoms. The largest absolute Gasteiger partial charge is 0.327 e. The van der Waals surface area contributed by atoms with Crippen LogP contribution in [0, 0.1) is 18.8 Å². The van der Waals surface area contributed by atoms with Crippen LogP contribution in [-0.2, 0) is 7.05 Å². The number of aromatic nitrogens is 5. The van der Waals surface area contributed by atoms with Gasteiger partial charge in [0.15, 0.2) is 11.5 Å². The van der Waals surface area contributed by atoms with Crippen LogP contribution in [0.3, 0.4) is 0 Å². The summed E-state index contributed by atoms with van der Waals surface area (Å²) in [5, 5.41) is 4.38. The fraction of sp³-hybridized carbons (Fsp3) is 0.105. The number of rotatable bonds is 1. The Labute approximate surface area is 139 Å². The van der Waals surface area contributed by atoms with E-state index in [-0.39, 0.29) is 0 Å². The summed E-state index contributed by atoms with van der Waals surface area (Å²) in [7, 11) is 1.94. The van der Waals surface area contributed by atoms with E-state index >= 15 is 0 Å². The maximum absolute atomic E-state index is 4.59. The van der Waals surface area contributed by atoms with Gasteiger partial charge in [0, 0.05) is 25.0 Å². The Morgan fingerprint density at radius 2 is 1.79 bits per heavy atom. The van der Waals surface area contributed by atoms with Gasteiger partial charge in [-0.3, -0.25) is 0 Å². The van der Waals surface area contributed by atoms with Crippen LogP contribution in [0.25, 0.3) is 16.9 Å². The van der Waals surface area contributed by atoms with Gasteiger partial charge in [-0.2, -0.15) is 4.98 Å². The molecule has 5 heteroatoms. The molecule has 0 aliphatic heterocycles. The Kier molecular flexibility index (Phi) is 3.36. The Morgan fingerprint density at radius 3 is 2.58 bits per heavy atom. The molecular formula is C19H15N5. The maximum atomic E-state index is 4.59. The number of pyridine rings is 1. The molecule has 0 radical (unpaired) electrons. The highest BCUT2D eigenvalue weighted by molar-refractivity contribution is 5.59. The number of aryl methyl sites for hydroxylation is 2.